The van der Waals surface area contributed by atoms with Crippen molar-refractivity contribution in [3.05, 3.63) is 73.7 Å². The predicted molar refractivity (Wildman–Crippen MR) is 111 cm³/mol. The summed E-state index contributed by atoms with van der Waals surface area (Å²) in [5.41, 5.74) is 1.91. The van der Waals surface area contributed by atoms with Crippen molar-refractivity contribution in [2.24, 2.45) is 12.0 Å². The predicted octanol–water partition coefficient (Wildman–Crippen LogP) is 1.27. The van der Waals surface area contributed by atoms with E-state index in [0.29, 0.717) is 29.2 Å². The van der Waals surface area contributed by atoms with E-state index in [1.165, 1.54) is 26.5 Å². The molecule has 0 bridgehead atoms. The molecule has 0 radical (unpaired) electrons. The molecular weight excluding hydrogens is 410 g/mol. The van der Waals surface area contributed by atoms with Crippen LogP contribution in [0.15, 0.2) is 49.6 Å². The van der Waals surface area contributed by atoms with E-state index in [-0.39, 0.29) is 23.5 Å². The van der Waals surface area contributed by atoms with Crippen molar-refractivity contribution in [3.63, 3.8) is 0 Å². The fraction of sp³-hybridized carbons (Fsp3) is 0.263. The summed E-state index contributed by atoms with van der Waals surface area (Å²) in [6.45, 7) is 0.360. The van der Waals surface area contributed by atoms with Gasteiger partial charge in [0.05, 0.1) is 19.1 Å². The molecule has 10 nitrogen and oxygen atoms in total. The quantitative estimate of drug-likeness (QED) is 0.428. The number of benzene rings is 1. The van der Waals surface area contributed by atoms with Crippen molar-refractivity contribution in [1.29, 1.82) is 0 Å². The minimum Gasteiger partial charge on any atom is -0.390 e. The van der Waals surface area contributed by atoms with Crippen molar-refractivity contribution < 1.29 is 4.42 Å². The summed E-state index contributed by atoms with van der Waals surface area (Å²) < 4.78 is 9.30. The zero-order valence-corrected chi connectivity index (χ0v) is 17.1. The molecule has 0 fully saturated rings. The highest BCUT2D eigenvalue weighted by atomic mass is 35.5. The van der Waals surface area contributed by atoms with Crippen LogP contribution in [-0.4, -0.2) is 42.4 Å². The van der Waals surface area contributed by atoms with Gasteiger partial charge in [-0.15, -0.1) is 5.10 Å². The van der Waals surface area contributed by atoms with Crippen LogP contribution >= 0.6 is 11.6 Å². The molecule has 0 amide bonds. The SMILES string of the molecule is C/N=C\c1nn(Cc2nn(CCc3ccc(Cl)cc3)c(=O)o2)c2c(=O)n(C)cnc12. The summed E-state index contributed by atoms with van der Waals surface area (Å²) in [4.78, 5) is 33.0. The van der Waals surface area contributed by atoms with Crippen LogP contribution in [0.3, 0.4) is 0 Å². The van der Waals surface area contributed by atoms with E-state index >= 15 is 0 Å². The van der Waals surface area contributed by atoms with Gasteiger partial charge in [-0.1, -0.05) is 23.7 Å². The number of hydrogen-bond donors (Lipinski definition) is 0. The Morgan fingerprint density at radius 2 is 1.93 bits per heavy atom. The van der Waals surface area contributed by atoms with Gasteiger partial charge in [-0.25, -0.2) is 14.5 Å². The number of hydrogen-bond acceptors (Lipinski definition) is 7. The summed E-state index contributed by atoms with van der Waals surface area (Å²) in [6, 6.07) is 7.37. The molecule has 154 valence electrons. The van der Waals surface area contributed by atoms with Crippen LogP contribution < -0.4 is 11.3 Å². The molecule has 11 heteroatoms. The van der Waals surface area contributed by atoms with Crippen LogP contribution in [0.2, 0.25) is 5.02 Å². The van der Waals surface area contributed by atoms with E-state index < -0.39 is 5.76 Å². The molecule has 4 rings (SSSR count). The van der Waals surface area contributed by atoms with Gasteiger partial charge in [0.25, 0.3) is 5.56 Å². The minimum atomic E-state index is -0.572. The highest BCUT2D eigenvalue weighted by Gasteiger charge is 2.18. The lowest BCUT2D eigenvalue weighted by Gasteiger charge is -2.01. The lowest BCUT2D eigenvalue weighted by molar-refractivity contribution is 0.431. The van der Waals surface area contributed by atoms with Gasteiger partial charge in [0.15, 0.2) is 5.52 Å². The third kappa shape index (κ3) is 3.81. The lowest BCUT2D eigenvalue weighted by Crippen LogP contribution is -2.20. The Morgan fingerprint density at radius 3 is 2.67 bits per heavy atom. The zero-order chi connectivity index (χ0) is 21.3. The van der Waals surface area contributed by atoms with Gasteiger partial charge >= 0.3 is 5.76 Å². The third-order valence-electron chi connectivity index (χ3n) is 4.55. The molecule has 0 aliphatic rings. The molecule has 0 aliphatic carbocycles. The highest BCUT2D eigenvalue weighted by Crippen LogP contribution is 2.13. The number of fused-ring (bicyclic) bond motifs is 1. The highest BCUT2D eigenvalue weighted by molar-refractivity contribution is 6.30. The number of aliphatic imine (C=N–C) groups is 1. The summed E-state index contributed by atoms with van der Waals surface area (Å²) in [5.74, 6) is -0.428. The molecule has 0 spiro atoms. The van der Waals surface area contributed by atoms with Gasteiger partial charge in [-0.2, -0.15) is 9.78 Å². The molecule has 0 unspecified atom stereocenters. The molecule has 0 atom stereocenters. The molecule has 4 aromatic rings. The fourth-order valence-electron chi connectivity index (χ4n) is 3.07. The van der Waals surface area contributed by atoms with Crippen molar-refractivity contribution in [2.75, 3.05) is 7.05 Å². The monoisotopic (exact) mass is 427 g/mol. The zero-order valence-electron chi connectivity index (χ0n) is 16.3. The standard InChI is InChI=1S/C19H18ClN7O3/c1-21-9-14-16-17(18(28)25(2)11-22-16)27(23-14)10-15-24-26(19(29)30-15)8-7-12-3-5-13(20)6-4-12/h3-6,9,11H,7-8,10H2,1-2H3/b21-9-. The Labute approximate surface area is 175 Å². The van der Waals surface area contributed by atoms with Crippen molar-refractivity contribution in [3.8, 4) is 0 Å². The molecule has 30 heavy (non-hydrogen) atoms. The summed E-state index contributed by atoms with van der Waals surface area (Å²) >= 11 is 5.89. The van der Waals surface area contributed by atoms with Crippen molar-refractivity contribution >= 4 is 28.8 Å². The van der Waals surface area contributed by atoms with Gasteiger partial charge in [-0.05, 0) is 24.1 Å². The maximum absolute atomic E-state index is 12.6. The van der Waals surface area contributed by atoms with E-state index in [9.17, 15) is 9.59 Å². The van der Waals surface area contributed by atoms with Gasteiger partial charge in [0.1, 0.15) is 17.8 Å². The first kappa shape index (κ1) is 19.8. The second kappa shape index (κ2) is 8.07. The number of halogens is 1. The largest absolute Gasteiger partial charge is 0.437 e. The van der Waals surface area contributed by atoms with Crippen molar-refractivity contribution in [2.45, 2.75) is 19.5 Å². The second-order valence-corrected chi connectivity index (χ2v) is 7.09. The van der Waals surface area contributed by atoms with Crippen molar-refractivity contribution in [1.82, 2.24) is 29.1 Å². The molecule has 0 aliphatic heterocycles. The van der Waals surface area contributed by atoms with Crippen LogP contribution in [0.4, 0.5) is 0 Å². The Hall–Kier alpha value is -3.53. The average Bonchev–Trinajstić information content (AvgIpc) is 3.25. The Morgan fingerprint density at radius 1 is 1.17 bits per heavy atom. The van der Waals surface area contributed by atoms with E-state index in [1.54, 1.807) is 26.2 Å². The second-order valence-electron chi connectivity index (χ2n) is 6.65. The molecule has 0 saturated heterocycles. The van der Waals surface area contributed by atoms with Gasteiger partial charge < -0.3 is 8.98 Å². The van der Waals surface area contributed by atoms with E-state index in [1.807, 2.05) is 12.1 Å². The Kier molecular flexibility index (Phi) is 5.32. The molecule has 0 N–H and O–H groups in total. The van der Waals surface area contributed by atoms with E-state index in [0.717, 1.165) is 5.56 Å². The van der Waals surface area contributed by atoms with Gasteiger partial charge in [0.2, 0.25) is 5.89 Å². The minimum absolute atomic E-state index is 0.0121. The number of aromatic nitrogens is 6. The molecule has 3 heterocycles. The van der Waals surface area contributed by atoms with E-state index in [4.69, 9.17) is 16.0 Å². The first-order valence-corrected chi connectivity index (χ1v) is 9.49. The normalized spacial score (nSPS) is 11.7. The molecule has 1 aromatic carbocycles. The number of nitrogens with zero attached hydrogens (tertiary/aromatic N) is 7. The van der Waals surface area contributed by atoms with Crippen LogP contribution in [0.5, 0.6) is 0 Å². The lowest BCUT2D eigenvalue weighted by atomic mass is 10.1. The molecule has 0 saturated carbocycles. The average molecular weight is 428 g/mol. The molecular formula is C19H18ClN7O3. The topological polar surface area (TPSA) is 113 Å². The smallest absolute Gasteiger partial charge is 0.390 e. The van der Waals surface area contributed by atoms with E-state index in [2.05, 4.69) is 20.2 Å². The maximum atomic E-state index is 12.6. The fourth-order valence-corrected chi connectivity index (χ4v) is 3.19. The number of rotatable bonds is 6. The first-order valence-electron chi connectivity index (χ1n) is 9.12. The Bertz CT molecular complexity index is 1350. The summed E-state index contributed by atoms with van der Waals surface area (Å²) in [5, 5.41) is 9.28. The molecule has 3 aromatic heterocycles. The summed E-state index contributed by atoms with van der Waals surface area (Å²) in [7, 11) is 3.21. The third-order valence-corrected chi connectivity index (χ3v) is 4.80. The van der Waals surface area contributed by atoms with Crippen LogP contribution in [0, 0.1) is 0 Å². The van der Waals surface area contributed by atoms with Crippen LogP contribution in [-0.2, 0) is 26.6 Å². The van der Waals surface area contributed by atoms with Crippen LogP contribution in [0.1, 0.15) is 17.1 Å². The first-order chi connectivity index (χ1) is 14.5. The van der Waals surface area contributed by atoms with Gasteiger partial charge in [-0.3, -0.25) is 9.79 Å². The maximum Gasteiger partial charge on any atom is 0.437 e. The Balaban J connectivity index is 1.62. The number of aryl methyl sites for hydroxylation is 3. The summed E-state index contributed by atoms with van der Waals surface area (Å²) in [6.07, 6.45) is 3.54. The van der Waals surface area contributed by atoms with Gasteiger partial charge in [0, 0.05) is 19.1 Å². The van der Waals surface area contributed by atoms with Crippen LogP contribution in [0.25, 0.3) is 11.0 Å².